The van der Waals surface area contributed by atoms with Crippen molar-refractivity contribution in [2.24, 2.45) is 0 Å². The van der Waals surface area contributed by atoms with Crippen molar-refractivity contribution in [3.8, 4) is 0 Å². The highest BCUT2D eigenvalue weighted by Crippen LogP contribution is 2.31. The van der Waals surface area contributed by atoms with Gasteiger partial charge in [-0.1, -0.05) is 19.3 Å². The fourth-order valence-corrected chi connectivity index (χ4v) is 3.18. The van der Waals surface area contributed by atoms with Crippen LogP contribution in [0.25, 0.3) is 11.0 Å². The molecule has 7 heteroatoms. The van der Waals surface area contributed by atoms with E-state index in [1.54, 1.807) is 0 Å². The van der Waals surface area contributed by atoms with Gasteiger partial charge in [0.1, 0.15) is 6.61 Å². The van der Waals surface area contributed by atoms with Crippen LogP contribution in [0.5, 0.6) is 0 Å². The van der Waals surface area contributed by atoms with Crippen molar-refractivity contribution in [3.05, 3.63) is 24.5 Å². The van der Waals surface area contributed by atoms with Crippen molar-refractivity contribution in [1.29, 1.82) is 0 Å². The summed E-state index contributed by atoms with van der Waals surface area (Å²) < 4.78 is 6.93. The number of ether oxygens (including phenoxy) is 1. The predicted molar refractivity (Wildman–Crippen MR) is 86.3 cm³/mol. The van der Waals surface area contributed by atoms with E-state index < -0.39 is 18.5 Å². The summed E-state index contributed by atoms with van der Waals surface area (Å²) in [5.41, 5.74) is 2.50. The van der Waals surface area contributed by atoms with E-state index in [0.717, 1.165) is 11.0 Å². The van der Waals surface area contributed by atoms with Gasteiger partial charge in [-0.25, -0.2) is 4.98 Å². The molecule has 0 radical (unpaired) electrons. The largest absolute Gasteiger partial charge is 0.548 e. The Morgan fingerprint density at radius 1 is 1.25 bits per heavy atom. The number of nitrogens with zero attached hydrogens (tertiary/aromatic N) is 2. The van der Waals surface area contributed by atoms with Crippen LogP contribution in [0.3, 0.4) is 0 Å². The maximum Gasteiger partial charge on any atom is 0.250 e. The highest BCUT2D eigenvalue weighted by atomic mass is 16.5. The lowest BCUT2D eigenvalue weighted by Crippen LogP contribution is -2.29. The smallest absolute Gasteiger partial charge is 0.250 e. The number of nitrogens with one attached hydrogen (secondary N) is 1. The molecule has 0 bridgehead atoms. The minimum Gasteiger partial charge on any atom is -0.548 e. The van der Waals surface area contributed by atoms with E-state index in [4.69, 9.17) is 4.74 Å². The maximum absolute atomic E-state index is 11.7. The summed E-state index contributed by atoms with van der Waals surface area (Å²) in [6.07, 6.45) is 8.04. The van der Waals surface area contributed by atoms with Gasteiger partial charge in [-0.3, -0.25) is 4.79 Å². The molecule has 3 rings (SSSR count). The van der Waals surface area contributed by atoms with Gasteiger partial charge in [0, 0.05) is 11.7 Å². The molecule has 1 heterocycles. The number of carbonyl (C=O) groups excluding carboxylic acids is 2. The van der Waals surface area contributed by atoms with Crippen LogP contribution < -0.4 is 10.4 Å². The Hall–Kier alpha value is -2.41. The van der Waals surface area contributed by atoms with E-state index in [-0.39, 0.29) is 6.61 Å². The first-order chi connectivity index (χ1) is 11.6. The molecule has 1 saturated carbocycles. The topological polar surface area (TPSA) is 96.3 Å². The van der Waals surface area contributed by atoms with Crippen molar-refractivity contribution >= 4 is 28.6 Å². The van der Waals surface area contributed by atoms with Gasteiger partial charge in [0.2, 0.25) is 5.91 Å². The second-order valence-corrected chi connectivity index (χ2v) is 6.06. The molecule has 1 aliphatic carbocycles. The minimum absolute atomic E-state index is 0.331. The van der Waals surface area contributed by atoms with Gasteiger partial charge in [0.25, 0.3) is 0 Å². The molecule has 7 nitrogen and oxygen atoms in total. The number of imidazole rings is 1. The molecule has 1 aliphatic rings. The van der Waals surface area contributed by atoms with Crippen molar-refractivity contribution in [3.63, 3.8) is 0 Å². The summed E-state index contributed by atoms with van der Waals surface area (Å²) in [6.45, 7) is -0.930. The van der Waals surface area contributed by atoms with E-state index in [2.05, 4.69) is 14.9 Å². The molecule has 1 N–H and O–H groups in total. The normalized spacial score (nSPS) is 15.5. The zero-order valence-electron chi connectivity index (χ0n) is 13.4. The molecule has 1 aromatic carbocycles. The Balaban J connectivity index is 1.66. The third-order valence-electron chi connectivity index (χ3n) is 4.28. The number of rotatable bonds is 6. The summed E-state index contributed by atoms with van der Waals surface area (Å²) in [4.78, 5) is 26.4. The lowest BCUT2D eigenvalue weighted by atomic mass is 9.95. The van der Waals surface area contributed by atoms with Crippen molar-refractivity contribution in [2.45, 2.75) is 38.1 Å². The van der Waals surface area contributed by atoms with E-state index in [9.17, 15) is 14.7 Å². The average Bonchev–Trinajstić information content (AvgIpc) is 2.98. The molecule has 0 saturated heterocycles. The number of carboxylic acids is 1. The number of amides is 1. The number of aliphatic carboxylic acids is 1. The fraction of sp³-hybridized carbons (Fsp3) is 0.471. The van der Waals surface area contributed by atoms with Gasteiger partial charge < -0.3 is 24.5 Å². The summed E-state index contributed by atoms with van der Waals surface area (Å²) in [5.74, 6) is -1.76. The number of anilines is 1. The number of aromatic nitrogens is 2. The molecular formula is C17H20N3O4-. The van der Waals surface area contributed by atoms with Crippen molar-refractivity contribution in [2.75, 3.05) is 18.5 Å². The van der Waals surface area contributed by atoms with Gasteiger partial charge in [0.15, 0.2) is 0 Å². The second kappa shape index (κ2) is 7.44. The highest BCUT2D eigenvalue weighted by molar-refractivity contribution is 5.94. The quantitative estimate of drug-likeness (QED) is 0.860. The molecule has 128 valence electrons. The molecule has 0 atom stereocenters. The number of carboxylic acid groups (broad SMARTS) is 1. The van der Waals surface area contributed by atoms with Gasteiger partial charge in [-0.2, -0.15) is 0 Å². The molecule has 1 aromatic heterocycles. The standard InChI is InChI=1S/C17H21N3O4/c21-16(9-24-10-17(22)23)19-12-6-7-15-14(8-12)18-11-20(15)13-4-2-1-3-5-13/h6-8,11,13H,1-5,9-10H2,(H,19,21)(H,22,23)/p-1. The average molecular weight is 330 g/mol. The van der Waals surface area contributed by atoms with E-state index >= 15 is 0 Å². The summed E-state index contributed by atoms with van der Waals surface area (Å²) in [6, 6.07) is 6.09. The van der Waals surface area contributed by atoms with Gasteiger partial charge in [0.05, 0.1) is 29.9 Å². The molecule has 1 fully saturated rings. The zero-order valence-corrected chi connectivity index (χ0v) is 13.4. The predicted octanol–water partition coefficient (Wildman–Crippen LogP) is 1.25. The monoisotopic (exact) mass is 330 g/mol. The third-order valence-corrected chi connectivity index (χ3v) is 4.28. The lowest BCUT2D eigenvalue weighted by molar-refractivity contribution is -0.309. The van der Waals surface area contributed by atoms with Crippen molar-refractivity contribution in [1.82, 2.24) is 9.55 Å². The fourth-order valence-electron chi connectivity index (χ4n) is 3.18. The van der Waals surface area contributed by atoms with Crippen LogP contribution in [0, 0.1) is 0 Å². The number of fused-ring (bicyclic) bond motifs is 1. The van der Waals surface area contributed by atoms with E-state index in [1.807, 2.05) is 24.5 Å². The highest BCUT2D eigenvalue weighted by Gasteiger charge is 2.17. The van der Waals surface area contributed by atoms with Crippen molar-refractivity contribution < 1.29 is 19.4 Å². The maximum atomic E-state index is 11.7. The number of hydrogen-bond acceptors (Lipinski definition) is 5. The molecule has 24 heavy (non-hydrogen) atoms. The summed E-state index contributed by atoms with van der Waals surface area (Å²) in [7, 11) is 0. The molecular weight excluding hydrogens is 310 g/mol. The first kappa shape index (κ1) is 16.4. The van der Waals surface area contributed by atoms with Gasteiger partial charge in [-0.15, -0.1) is 0 Å². The van der Waals surface area contributed by atoms with Gasteiger partial charge >= 0.3 is 0 Å². The van der Waals surface area contributed by atoms with Crippen LogP contribution in [-0.4, -0.2) is 34.6 Å². The molecule has 2 aromatic rings. The van der Waals surface area contributed by atoms with Gasteiger partial charge in [-0.05, 0) is 31.0 Å². The Morgan fingerprint density at radius 3 is 2.79 bits per heavy atom. The first-order valence-corrected chi connectivity index (χ1v) is 8.17. The van der Waals surface area contributed by atoms with Crippen LogP contribution in [0.15, 0.2) is 24.5 Å². The van der Waals surface area contributed by atoms with Crippen LogP contribution in [-0.2, 0) is 14.3 Å². The van der Waals surface area contributed by atoms with Crippen LogP contribution >= 0.6 is 0 Å². The van der Waals surface area contributed by atoms with Crippen LogP contribution in [0.4, 0.5) is 5.69 Å². The Morgan fingerprint density at radius 2 is 2.04 bits per heavy atom. The third kappa shape index (κ3) is 3.91. The Kier molecular flexibility index (Phi) is 5.10. The number of hydrogen-bond donors (Lipinski definition) is 1. The minimum atomic E-state index is -1.35. The Bertz CT molecular complexity index is 735. The molecule has 0 spiro atoms. The van der Waals surface area contributed by atoms with Crippen LogP contribution in [0.2, 0.25) is 0 Å². The summed E-state index contributed by atoms with van der Waals surface area (Å²) in [5, 5.41) is 12.9. The Labute approximate surface area is 139 Å². The first-order valence-electron chi connectivity index (χ1n) is 8.17. The zero-order chi connectivity index (χ0) is 16.9. The van der Waals surface area contributed by atoms with E-state index in [1.165, 1.54) is 32.1 Å². The number of carbonyl (C=O) groups is 2. The number of benzene rings is 1. The lowest BCUT2D eigenvalue weighted by Gasteiger charge is -2.23. The van der Waals surface area contributed by atoms with Crippen LogP contribution in [0.1, 0.15) is 38.1 Å². The summed E-state index contributed by atoms with van der Waals surface area (Å²) >= 11 is 0. The molecule has 0 aliphatic heterocycles. The molecule has 1 amide bonds. The SMILES string of the molecule is O=C([O-])COCC(=O)Nc1ccc2c(c1)ncn2C1CCCCC1. The second-order valence-electron chi connectivity index (χ2n) is 6.06. The van der Waals surface area contributed by atoms with E-state index in [0.29, 0.717) is 11.7 Å². The molecule has 0 unspecified atom stereocenters.